The van der Waals surface area contributed by atoms with E-state index >= 15 is 0 Å². The Morgan fingerprint density at radius 3 is 2.28 bits per heavy atom. The van der Waals surface area contributed by atoms with E-state index in [1.165, 1.54) is 31.9 Å². The third-order valence-electron chi connectivity index (χ3n) is 4.27. The summed E-state index contributed by atoms with van der Waals surface area (Å²) in [7, 11) is 0. The van der Waals surface area contributed by atoms with Crippen LogP contribution in [0.25, 0.3) is 22.3 Å². The van der Waals surface area contributed by atoms with Crippen molar-refractivity contribution in [3.63, 3.8) is 0 Å². The van der Waals surface area contributed by atoms with Gasteiger partial charge in [-0.15, -0.1) is 0 Å². The zero-order valence-electron chi connectivity index (χ0n) is 14.2. The molecule has 4 rings (SSSR count). The van der Waals surface area contributed by atoms with Gasteiger partial charge >= 0.3 is 155 Å². The molecular weight excluding hydrogens is 371 g/mol. The summed E-state index contributed by atoms with van der Waals surface area (Å²) >= 11 is 0.214. The van der Waals surface area contributed by atoms with Crippen molar-refractivity contribution in [2.45, 2.75) is 19.8 Å². The van der Waals surface area contributed by atoms with Crippen LogP contribution in [-0.2, 0) is 6.42 Å². The van der Waals surface area contributed by atoms with Gasteiger partial charge in [-0.1, -0.05) is 0 Å². The molecule has 25 heavy (non-hydrogen) atoms. The van der Waals surface area contributed by atoms with Crippen LogP contribution < -0.4 is 8.92 Å². The second kappa shape index (κ2) is 7.31. The first-order valence-corrected chi connectivity index (χ1v) is 10.4. The Bertz CT molecular complexity index is 968. The maximum absolute atomic E-state index is 6.27. The van der Waals surface area contributed by atoms with Gasteiger partial charge in [-0.2, -0.15) is 0 Å². The van der Waals surface area contributed by atoms with Crippen molar-refractivity contribution in [1.82, 2.24) is 0 Å². The summed E-state index contributed by atoms with van der Waals surface area (Å²) in [6.07, 6.45) is 2.30. The fraction of sp³-hybridized carbons (Fsp3) is 0.130. The molecule has 0 aliphatic carbocycles. The molecule has 3 aromatic carbocycles. The average molecular weight is 391 g/mol. The van der Waals surface area contributed by atoms with Crippen LogP contribution in [0.5, 0.6) is 0 Å². The summed E-state index contributed by atoms with van der Waals surface area (Å²) in [6, 6.07) is 27.9. The van der Waals surface area contributed by atoms with E-state index in [1.807, 2.05) is 6.07 Å². The molecule has 0 bridgehead atoms. The van der Waals surface area contributed by atoms with Gasteiger partial charge in [-0.05, 0) is 0 Å². The van der Waals surface area contributed by atoms with Crippen LogP contribution in [0.4, 0.5) is 0 Å². The summed E-state index contributed by atoms with van der Waals surface area (Å²) < 4.78 is 8.97. The normalized spacial score (nSPS) is 11.1. The molecular formula is C23H20OSe. The van der Waals surface area contributed by atoms with Crippen molar-refractivity contribution in [2.75, 3.05) is 0 Å². The minimum atomic E-state index is 0.214. The molecule has 0 amide bonds. The van der Waals surface area contributed by atoms with E-state index in [1.54, 1.807) is 0 Å². The molecule has 0 atom stereocenters. The third kappa shape index (κ3) is 3.42. The molecule has 0 saturated carbocycles. The van der Waals surface area contributed by atoms with Crippen molar-refractivity contribution < 1.29 is 4.42 Å². The van der Waals surface area contributed by atoms with Crippen molar-refractivity contribution in [2.24, 2.45) is 0 Å². The van der Waals surface area contributed by atoms with Gasteiger partial charge in [0.1, 0.15) is 0 Å². The van der Waals surface area contributed by atoms with Crippen LogP contribution in [0.3, 0.4) is 0 Å². The number of hydrogen-bond donors (Lipinski definition) is 0. The fourth-order valence-corrected chi connectivity index (χ4v) is 5.25. The van der Waals surface area contributed by atoms with E-state index in [-0.39, 0.29) is 15.0 Å². The second-order valence-electron chi connectivity index (χ2n) is 6.12. The van der Waals surface area contributed by atoms with Crippen molar-refractivity contribution in [3.8, 4) is 11.3 Å². The Balaban J connectivity index is 1.81. The molecule has 0 spiro atoms. The van der Waals surface area contributed by atoms with Gasteiger partial charge in [-0.25, -0.2) is 0 Å². The molecule has 0 radical (unpaired) electrons. The van der Waals surface area contributed by atoms with Crippen LogP contribution in [0.1, 0.15) is 18.9 Å². The van der Waals surface area contributed by atoms with Gasteiger partial charge in [0.2, 0.25) is 0 Å². The molecule has 4 aromatic rings. The minimum absolute atomic E-state index is 0.214. The third-order valence-corrected chi connectivity index (χ3v) is 6.61. The predicted octanol–water partition coefficient (Wildman–Crippen LogP) is 4.71. The molecule has 1 nitrogen and oxygen atoms in total. The van der Waals surface area contributed by atoms with E-state index in [4.69, 9.17) is 4.42 Å². The molecule has 0 aliphatic rings. The number of aryl methyl sites for hydroxylation is 1. The van der Waals surface area contributed by atoms with E-state index in [0.717, 1.165) is 17.8 Å². The molecule has 0 aliphatic heterocycles. The van der Waals surface area contributed by atoms with Gasteiger partial charge in [0.15, 0.2) is 0 Å². The van der Waals surface area contributed by atoms with E-state index in [9.17, 15) is 0 Å². The summed E-state index contributed by atoms with van der Waals surface area (Å²) in [5.74, 6) is 1.02. The monoisotopic (exact) mass is 392 g/mol. The summed E-state index contributed by atoms with van der Waals surface area (Å²) in [4.78, 5) is 0. The standard InChI is InChI=1S/C23H20OSe/c1-2-8-17-13-15-18(16-14-17)22-23(25-19-9-4-3-5-10-19)20-11-6-7-12-21(20)24-22/h3-7,9-16H,2,8H2,1H3. The first kappa shape index (κ1) is 16.2. The number of para-hydroxylation sites is 1. The average Bonchev–Trinajstić information content (AvgIpc) is 3.02. The Kier molecular flexibility index (Phi) is 4.74. The predicted molar refractivity (Wildman–Crippen MR) is 107 cm³/mol. The van der Waals surface area contributed by atoms with Crippen LogP contribution in [-0.4, -0.2) is 15.0 Å². The Labute approximate surface area is 154 Å². The molecule has 124 valence electrons. The molecule has 2 heteroatoms. The van der Waals surface area contributed by atoms with E-state index < -0.39 is 0 Å². The van der Waals surface area contributed by atoms with E-state index in [0.29, 0.717) is 0 Å². The van der Waals surface area contributed by atoms with Crippen LogP contribution in [0, 0.1) is 0 Å². The molecule has 0 N–H and O–H groups in total. The van der Waals surface area contributed by atoms with Crippen LogP contribution >= 0.6 is 0 Å². The number of benzene rings is 3. The zero-order valence-corrected chi connectivity index (χ0v) is 15.9. The molecule has 0 saturated heterocycles. The Morgan fingerprint density at radius 2 is 1.52 bits per heavy atom. The zero-order chi connectivity index (χ0) is 17.1. The van der Waals surface area contributed by atoms with Gasteiger partial charge in [0.05, 0.1) is 0 Å². The first-order chi connectivity index (χ1) is 12.3. The topological polar surface area (TPSA) is 13.1 Å². The summed E-state index contributed by atoms with van der Waals surface area (Å²) in [5, 5.41) is 1.24. The van der Waals surface area contributed by atoms with Crippen LogP contribution in [0.2, 0.25) is 0 Å². The molecule has 1 heterocycles. The van der Waals surface area contributed by atoms with Gasteiger partial charge in [0, 0.05) is 0 Å². The molecule has 0 fully saturated rings. The van der Waals surface area contributed by atoms with Crippen molar-refractivity contribution >= 4 is 34.8 Å². The maximum atomic E-state index is 6.27. The Hall–Kier alpha value is -2.28. The SMILES string of the molecule is CCCc1ccc(-c2oc3ccccc3c2[Se]c2ccccc2)cc1. The number of fused-ring (bicyclic) bond motifs is 1. The van der Waals surface area contributed by atoms with Crippen molar-refractivity contribution in [3.05, 3.63) is 84.4 Å². The quantitative estimate of drug-likeness (QED) is 0.449. The van der Waals surface area contributed by atoms with Gasteiger partial charge in [-0.3, -0.25) is 0 Å². The van der Waals surface area contributed by atoms with Gasteiger partial charge < -0.3 is 0 Å². The van der Waals surface area contributed by atoms with Crippen LogP contribution in [0.15, 0.2) is 83.3 Å². The first-order valence-electron chi connectivity index (χ1n) is 8.69. The summed E-state index contributed by atoms with van der Waals surface area (Å²) in [6.45, 7) is 2.22. The van der Waals surface area contributed by atoms with E-state index in [2.05, 4.69) is 79.7 Å². The number of rotatable bonds is 5. The molecule has 1 aromatic heterocycles. The number of furan rings is 1. The fourth-order valence-electron chi connectivity index (χ4n) is 3.03. The molecule has 0 unspecified atom stereocenters. The Morgan fingerprint density at radius 1 is 0.800 bits per heavy atom. The van der Waals surface area contributed by atoms with Crippen molar-refractivity contribution in [1.29, 1.82) is 0 Å². The van der Waals surface area contributed by atoms with Gasteiger partial charge in [0.25, 0.3) is 0 Å². The second-order valence-corrected chi connectivity index (χ2v) is 8.39. The number of hydrogen-bond acceptors (Lipinski definition) is 1. The summed E-state index contributed by atoms with van der Waals surface area (Å²) in [5.41, 5.74) is 3.53.